The molecule has 358 valence electrons. The number of nitrogens with two attached hydrogens (primary N) is 1. The van der Waals surface area contributed by atoms with Crippen LogP contribution in [0.4, 0.5) is 4.79 Å². The zero-order valence-electron chi connectivity index (χ0n) is 36.1. The van der Waals surface area contributed by atoms with Gasteiger partial charge in [0.2, 0.25) is 41.4 Å². The van der Waals surface area contributed by atoms with Gasteiger partial charge in [0, 0.05) is 19.3 Å². The number of nitrogens with one attached hydrogen (secondary N) is 7. The highest BCUT2D eigenvalue weighted by Gasteiger charge is 2.57. The molecule has 0 heterocycles. The number of rotatable bonds is 25. The van der Waals surface area contributed by atoms with Gasteiger partial charge in [0.05, 0.1) is 13.2 Å². The second kappa shape index (κ2) is 24.1. The van der Waals surface area contributed by atoms with E-state index in [9.17, 15) is 63.3 Å². The molecule has 23 heteroatoms. The topological polar surface area (TPSA) is 371 Å². The number of hydrogen-bond donors (Lipinski definition) is 12. The molecule has 2 bridgehead atoms. The highest BCUT2D eigenvalue weighted by Crippen LogP contribution is 2.51. The molecule has 2 aliphatic rings. The number of fused-ring (bicyclic) bond motifs is 2. The van der Waals surface area contributed by atoms with E-state index < -0.39 is 133 Å². The number of phenols is 1. The molecular weight excluding hydrogens is 869 g/mol. The van der Waals surface area contributed by atoms with Crippen LogP contribution >= 0.6 is 0 Å². The number of aliphatic carboxylic acids is 2. The highest BCUT2D eigenvalue weighted by molar-refractivity contribution is 5.99. The molecule has 2 aromatic carbocycles. The number of aromatic hydroxyl groups is 1. The second-order valence-corrected chi connectivity index (χ2v) is 16.3. The fourth-order valence-corrected chi connectivity index (χ4v) is 7.89. The number of phenolic OH excluding ortho intramolecular Hbond substituents is 1. The lowest BCUT2D eigenvalue weighted by atomic mass is 9.79. The zero-order chi connectivity index (χ0) is 48.6. The minimum atomic E-state index is -1.75. The quantitative estimate of drug-likeness (QED) is 0.0522. The van der Waals surface area contributed by atoms with Gasteiger partial charge < -0.3 is 68.1 Å². The summed E-state index contributed by atoms with van der Waals surface area (Å²) in [6.07, 6.45) is -1.27. The van der Waals surface area contributed by atoms with Crippen molar-refractivity contribution in [3.63, 3.8) is 0 Å². The Morgan fingerprint density at radius 1 is 0.727 bits per heavy atom. The average molecular weight is 925 g/mol. The molecule has 2 aliphatic carbocycles. The van der Waals surface area contributed by atoms with Gasteiger partial charge in [-0.05, 0) is 80.5 Å². The number of primary amides is 1. The number of aliphatic hydroxyl groups is 1. The van der Waals surface area contributed by atoms with Gasteiger partial charge in [0.25, 0.3) is 0 Å². The van der Waals surface area contributed by atoms with Crippen molar-refractivity contribution in [3.05, 3.63) is 65.7 Å². The molecule has 23 nitrogen and oxygen atoms in total. The summed E-state index contributed by atoms with van der Waals surface area (Å²) in [5, 5.41) is 55.5. The first-order chi connectivity index (χ1) is 31.3. The summed E-state index contributed by atoms with van der Waals surface area (Å²) in [5.41, 5.74) is 4.92. The van der Waals surface area contributed by atoms with Crippen molar-refractivity contribution in [1.29, 1.82) is 0 Å². The SMILES string of the molecule is C[C@H](NC(=O)OCc1ccccc1)C(=O)NCC(=O)N[C@@H](CCC(=O)O)C(=O)N[C@@H](CO)C(=O)NC1(C(=O)N[C@@H](Cc2ccc(O)cc2)C(=O)N[C@@H](CCC(=O)O)C(N)=O)C[C@@H]2CC[C@H]1C2. The molecule has 2 aromatic rings. The molecule has 4 rings (SSSR count). The standard InChI is InChI=1S/C43H56N8O15/c1-23(46-42(65)66-22-25-5-3-2-4-6-25)37(60)45-20-33(54)47-30(14-16-35(57)58)38(61)49-32(21-52)40(63)51-43(19-26-7-10-27(43)17-26)41(64)50-31(18-24-8-11-28(53)12-9-24)39(62)48-29(36(44)59)13-15-34(55)56/h2-6,8-9,11-12,23,26-27,29-32,52-53H,7,10,13-22H2,1H3,(H2,44,59)(H,45,60)(H,46,65)(H,47,54)(H,48,62)(H,49,61)(H,50,64)(H,51,63)(H,55,56)(H,57,58)/t23-,26+,27-,29-,30-,31-,32-,43?/m0/s1. The molecule has 0 saturated heterocycles. The number of hydrogen-bond acceptors (Lipinski definition) is 13. The van der Waals surface area contributed by atoms with Gasteiger partial charge >= 0.3 is 18.0 Å². The Labute approximate surface area is 378 Å². The molecular formula is C43H56N8O15. The van der Waals surface area contributed by atoms with Crippen LogP contribution in [0.5, 0.6) is 5.75 Å². The van der Waals surface area contributed by atoms with Crippen LogP contribution in [0.2, 0.25) is 0 Å². The van der Waals surface area contributed by atoms with E-state index in [0.717, 1.165) is 6.42 Å². The summed E-state index contributed by atoms with van der Waals surface area (Å²) in [7, 11) is 0. The van der Waals surface area contributed by atoms with Gasteiger partial charge in [-0.15, -0.1) is 0 Å². The number of amides is 8. The molecule has 0 aromatic heterocycles. The third kappa shape index (κ3) is 15.2. The maximum atomic E-state index is 14.5. The van der Waals surface area contributed by atoms with E-state index in [1.54, 1.807) is 30.3 Å². The van der Waals surface area contributed by atoms with Gasteiger partial charge in [0.1, 0.15) is 48.1 Å². The number of alkyl carbamates (subject to hydrolysis) is 1. The fraction of sp³-hybridized carbons (Fsp3) is 0.488. The lowest BCUT2D eigenvalue weighted by Crippen LogP contribution is -2.67. The molecule has 2 saturated carbocycles. The Kier molecular flexibility index (Phi) is 18.8. The van der Waals surface area contributed by atoms with Crippen LogP contribution in [0.15, 0.2) is 54.6 Å². The van der Waals surface area contributed by atoms with Crippen molar-refractivity contribution >= 4 is 59.4 Å². The zero-order valence-corrected chi connectivity index (χ0v) is 36.1. The molecule has 0 spiro atoms. The van der Waals surface area contributed by atoms with Crippen molar-refractivity contribution in [1.82, 2.24) is 37.2 Å². The van der Waals surface area contributed by atoms with Gasteiger partial charge in [-0.2, -0.15) is 0 Å². The highest BCUT2D eigenvalue weighted by atomic mass is 16.5. The summed E-state index contributed by atoms with van der Waals surface area (Å²) in [5.74, 6) is -9.80. The third-order valence-corrected chi connectivity index (χ3v) is 11.4. The Morgan fingerprint density at radius 3 is 1.92 bits per heavy atom. The van der Waals surface area contributed by atoms with E-state index in [1.165, 1.54) is 31.2 Å². The van der Waals surface area contributed by atoms with E-state index in [4.69, 9.17) is 15.6 Å². The molecule has 0 radical (unpaired) electrons. The van der Waals surface area contributed by atoms with Crippen LogP contribution in [0.3, 0.4) is 0 Å². The molecule has 1 unspecified atom stereocenters. The van der Waals surface area contributed by atoms with Gasteiger partial charge in [-0.3, -0.25) is 43.2 Å². The molecule has 0 aliphatic heterocycles. The lowest BCUT2D eigenvalue weighted by molar-refractivity contribution is -0.140. The number of ether oxygens (including phenoxy) is 1. The summed E-state index contributed by atoms with van der Waals surface area (Å²) < 4.78 is 5.09. The maximum Gasteiger partial charge on any atom is 0.408 e. The van der Waals surface area contributed by atoms with E-state index in [1.807, 2.05) is 0 Å². The normalized spacial score (nSPS) is 19.3. The summed E-state index contributed by atoms with van der Waals surface area (Å²) in [6, 6.07) is 7.03. The number of aliphatic hydroxyl groups excluding tert-OH is 1. The Hall–Kier alpha value is -7.30. The monoisotopic (exact) mass is 924 g/mol. The third-order valence-electron chi connectivity index (χ3n) is 11.4. The van der Waals surface area contributed by atoms with E-state index in [-0.39, 0.29) is 37.5 Å². The van der Waals surface area contributed by atoms with E-state index >= 15 is 0 Å². The molecule has 2 fully saturated rings. The molecule has 8 atom stereocenters. The fourth-order valence-electron chi connectivity index (χ4n) is 7.89. The predicted molar refractivity (Wildman–Crippen MR) is 228 cm³/mol. The van der Waals surface area contributed by atoms with E-state index in [2.05, 4.69) is 37.2 Å². The first-order valence-electron chi connectivity index (χ1n) is 21.2. The van der Waals surface area contributed by atoms with Crippen molar-refractivity contribution in [2.75, 3.05) is 13.2 Å². The van der Waals surface area contributed by atoms with Crippen molar-refractivity contribution in [2.45, 2.75) is 107 Å². The molecule has 8 amide bonds. The molecule has 13 N–H and O–H groups in total. The van der Waals surface area contributed by atoms with Gasteiger partial charge in [0.15, 0.2) is 0 Å². The average Bonchev–Trinajstić information content (AvgIpc) is 3.89. The number of carbonyl (C=O) groups excluding carboxylic acids is 8. The lowest BCUT2D eigenvalue weighted by Gasteiger charge is -2.39. The Morgan fingerprint density at radius 2 is 1.35 bits per heavy atom. The maximum absolute atomic E-state index is 14.5. The first kappa shape index (κ1) is 51.3. The van der Waals surface area contributed by atoms with Crippen LogP contribution in [-0.2, 0) is 60.9 Å². The predicted octanol–water partition coefficient (Wildman–Crippen LogP) is -1.81. The van der Waals surface area contributed by atoms with Crippen molar-refractivity contribution in [2.24, 2.45) is 17.6 Å². The number of benzene rings is 2. The van der Waals surface area contributed by atoms with Crippen LogP contribution < -0.4 is 43.0 Å². The first-order valence-corrected chi connectivity index (χ1v) is 21.2. The minimum absolute atomic E-state index is 0.0359. The number of carbonyl (C=O) groups is 10. The number of carboxylic acid groups (broad SMARTS) is 2. The van der Waals surface area contributed by atoms with Crippen LogP contribution in [0.25, 0.3) is 0 Å². The number of carboxylic acids is 2. The van der Waals surface area contributed by atoms with E-state index in [0.29, 0.717) is 24.0 Å². The summed E-state index contributed by atoms with van der Waals surface area (Å²) >= 11 is 0. The van der Waals surface area contributed by atoms with Crippen LogP contribution in [0, 0.1) is 11.8 Å². The second-order valence-electron chi connectivity index (χ2n) is 16.3. The smallest absolute Gasteiger partial charge is 0.408 e. The Bertz CT molecular complexity index is 2110. The molecule has 66 heavy (non-hydrogen) atoms. The summed E-state index contributed by atoms with van der Waals surface area (Å²) in [4.78, 5) is 128. The van der Waals surface area contributed by atoms with Crippen molar-refractivity contribution in [3.8, 4) is 5.75 Å². The van der Waals surface area contributed by atoms with Gasteiger partial charge in [-0.25, -0.2) is 4.79 Å². The van der Waals surface area contributed by atoms with Crippen LogP contribution in [0.1, 0.15) is 69.4 Å². The minimum Gasteiger partial charge on any atom is -0.508 e. The van der Waals surface area contributed by atoms with Crippen LogP contribution in [-0.4, -0.2) is 129 Å². The van der Waals surface area contributed by atoms with Crippen molar-refractivity contribution < 1.29 is 73.1 Å². The van der Waals surface area contributed by atoms with Gasteiger partial charge in [-0.1, -0.05) is 42.5 Å². The summed E-state index contributed by atoms with van der Waals surface area (Å²) in [6.45, 7) is -0.480. The Balaban J connectivity index is 1.43. The largest absolute Gasteiger partial charge is 0.508 e.